The lowest BCUT2D eigenvalue weighted by Crippen LogP contribution is -2.12. The van der Waals surface area contributed by atoms with Gasteiger partial charge in [0.15, 0.2) is 0 Å². The molecule has 0 bridgehead atoms. The van der Waals surface area contributed by atoms with Gasteiger partial charge in [-0.05, 0) is 24.6 Å². The third kappa shape index (κ3) is 3.25. The van der Waals surface area contributed by atoms with Crippen molar-refractivity contribution in [3.05, 3.63) is 29.8 Å². The highest BCUT2D eigenvalue weighted by atomic mass is 16.3. The van der Waals surface area contributed by atoms with Gasteiger partial charge in [0, 0.05) is 5.69 Å². The van der Waals surface area contributed by atoms with E-state index in [0.717, 1.165) is 11.3 Å². The first kappa shape index (κ1) is 9.74. The summed E-state index contributed by atoms with van der Waals surface area (Å²) in [5.41, 5.74) is 1.88. The predicted octanol–water partition coefficient (Wildman–Crippen LogP) is 1.32. The molecule has 1 amide bonds. The molecule has 0 aliphatic carbocycles. The monoisotopic (exact) mass is 179 g/mol. The first-order valence-corrected chi connectivity index (χ1v) is 4.20. The van der Waals surface area contributed by atoms with Gasteiger partial charge in [-0.15, -0.1) is 0 Å². The van der Waals surface area contributed by atoms with Crippen molar-refractivity contribution in [2.75, 3.05) is 11.9 Å². The number of nitrogens with one attached hydrogen (secondary N) is 1. The summed E-state index contributed by atoms with van der Waals surface area (Å²) in [4.78, 5) is 11.1. The maximum atomic E-state index is 11.1. The Morgan fingerprint density at radius 2 is 2.31 bits per heavy atom. The second-order valence-corrected chi connectivity index (χ2v) is 2.89. The molecular formula is C10H13NO2. The summed E-state index contributed by atoms with van der Waals surface area (Å²) in [6.07, 6.45) is 0.147. The van der Waals surface area contributed by atoms with E-state index in [1.807, 2.05) is 31.2 Å². The number of carbonyl (C=O) groups is 1. The van der Waals surface area contributed by atoms with Crippen molar-refractivity contribution in [2.24, 2.45) is 0 Å². The summed E-state index contributed by atoms with van der Waals surface area (Å²) in [6.45, 7) is 1.85. The van der Waals surface area contributed by atoms with Crippen molar-refractivity contribution in [3.63, 3.8) is 0 Å². The average Bonchev–Trinajstić information content (AvgIpc) is 2.04. The van der Waals surface area contributed by atoms with Crippen molar-refractivity contribution < 1.29 is 9.90 Å². The van der Waals surface area contributed by atoms with Gasteiger partial charge in [-0.2, -0.15) is 0 Å². The van der Waals surface area contributed by atoms with Gasteiger partial charge in [0.05, 0.1) is 13.0 Å². The molecule has 0 spiro atoms. The number of aryl methyl sites for hydroxylation is 1. The van der Waals surface area contributed by atoms with Gasteiger partial charge in [0.2, 0.25) is 5.91 Å². The van der Waals surface area contributed by atoms with E-state index in [9.17, 15) is 4.79 Å². The first-order chi connectivity index (χ1) is 6.22. The van der Waals surface area contributed by atoms with Crippen molar-refractivity contribution >= 4 is 11.6 Å². The van der Waals surface area contributed by atoms with E-state index in [2.05, 4.69) is 5.32 Å². The van der Waals surface area contributed by atoms with Crippen LogP contribution in [0.15, 0.2) is 24.3 Å². The lowest BCUT2D eigenvalue weighted by molar-refractivity contribution is -0.116. The molecule has 13 heavy (non-hydrogen) atoms. The van der Waals surface area contributed by atoms with Gasteiger partial charge < -0.3 is 10.4 Å². The lowest BCUT2D eigenvalue weighted by atomic mass is 10.2. The van der Waals surface area contributed by atoms with Crippen LogP contribution < -0.4 is 5.32 Å². The van der Waals surface area contributed by atoms with Crippen molar-refractivity contribution in [1.82, 2.24) is 0 Å². The minimum atomic E-state index is -0.159. The number of carbonyl (C=O) groups excluding carboxylic acids is 1. The predicted molar refractivity (Wildman–Crippen MR) is 51.5 cm³/mol. The maximum absolute atomic E-state index is 11.1. The first-order valence-electron chi connectivity index (χ1n) is 4.20. The number of anilines is 1. The minimum Gasteiger partial charge on any atom is -0.396 e. The highest BCUT2D eigenvalue weighted by Crippen LogP contribution is 2.09. The van der Waals surface area contributed by atoms with Crippen LogP contribution in [0.1, 0.15) is 12.0 Å². The van der Waals surface area contributed by atoms with Gasteiger partial charge in [0.1, 0.15) is 0 Å². The fraction of sp³-hybridized carbons (Fsp3) is 0.300. The van der Waals surface area contributed by atoms with Crippen LogP contribution in [0.5, 0.6) is 0 Å². The molecule has 0 saturated carbocycles. The Morgan fingerprint density at radius 1 is 1.54 bits per heavy atom. The molecule has 0 aliphatic rings. The summed E-state index contributed by atoms with van der Waals surface area (Å²) in [7, 11) is 0. The van der Waals surface area contributed by atoms with E-state index >= 15 is 0 Å². The molecule has 2 N–H and O–H groups in total. The largest absolute Gasteiger partial charge is 0.396 e. The van der Waals surface area contributed by atoms with Crippen molar-refractivity contribution in [1.29, 1.82) is 0 Å². The topological polar surface area (TPSA) is 49.3 Å². The number of amides is 1. The molecule has 1 rings (SSSR count). The van der Waals surface area contributed by atoms with E-state index in [4.69, 9.17) is 5.11 Å². The molecule has 0 heterocycles. The summed E-state index contributed by atoms with van der Waals surface area (Å²) in [5.74, 6) is -0.159. The van der Waals surface area contributed by atoms with Gasteiger partial charge in [0.25, 0.3) is 0 Å². The standard InChI is InChI=1S/C10H13NO2/c1-8-3-2-4-9(7-8)11-10(13)5-6-12/h2-4,7,12H,5-6H2,1H3,(H,11,13). The molecule has 3 heteroatoms. The SMILES string of the molecule is Cc1cccc(NC(=O)CCO)c1. The van der Waals surface area contributed by atoms with E-state index in [1.165, 1.54) is 0 Å². The zero-order valence-electron chi connectivity index (χ0n) is 7.58. The smallest absolute Gasteiger partial charge is 0.226 e. The summed E-state index contributed by atoms with van der Waals surface area (Å²) < 4.78 is 0. The summed E-state index contributed by atoms with van der Waals surface area (Å²) in [5, 5.41) is 11.2. The maximum Gasteiger partial charge on any atom is 0.226 e. The van der Waals surface area contributed by atoms with Crippen LogP contribution in [0.2, 0.25) is 0 Å². The molecule has 0 aromatic heterocycles. The lowest BCUT2D eigenvalue weighted by Gasteiger charge is -2.04. The van der Waals surface area contributed by atoms with Crippen LogP contribution >= 0.6 is 0 Å². The molecule has 0 aliphatic heterocycles. The number of hydrogen-bond donors (Lipinski definition) is 2. The quantitative estimate of drug-likeness (QED) is 0.735. The van der Waals surface area contributed by atoms with Crippen molar-refractivity contribution in [3.8, 4) is 0 Å². The number of benzene rings is 1. The molecule has 3 nitrogen and oxygen atoms in total. The molecule has 0 atom stereocenters. The molecule has 1 aromatic rings. The van der Waals surface area contributed by atoms with E-state index in [1.54, 1.807) is 0 Å². The Hall–Kier alpha value is -1.35. The fourth-order valence-corrected chi connectivity index (χ4v) is 1.05. The Morgan fingerprint density at radius 3 is 2.92 bits per heavy atom. The van der Waals surface area contributed by atoms with Crippen LogP contribution in [0.25, 0.3) is 0 Å². The zero-order chi connectivity index (χ0) is 9.68. The summed E-state index contributed by atoms with van der Waals surface area (Å²) in [6, 6.07) is 7.54. The zero-order valence-corrected chi connectivity index (χ0v) is 7.58. The number of aliphatic hydroxyl groups is 1. The van der Waals surface area contributed by atoms with E-state index in [-0.39, 0.29) is 18.9 Å². The molecule has 0 saturated heterocycles. The van der Waals surface area contributed by atoms with Crippen LogP contribution in [-0.4, -0.2) is 17.6 Å². The Kier molecular flexibility index (Phi) is 3.46. The van der Waals surface area contributed by atoms with E-state index < -0.39 is 0 Å². The third-order valence-corrected chi connectivity index (χ3v) is 1.64. The normalized spacial score (nSPS) is 9.69. The van der Waals surface area contributed by atoms with Crippen LogP contribution in [-0.2, 0) is 4.79 Å². The molecule has 0 radical (unpaired) electrons. The Labute approximate surface area is 77.4 Å². The van der Waals surface area contributed by atoms with Crippen LogP contribution in [0.3, 0.4) is 0 Å². The Balaban J connectivity index is 2.58. The molecular weight excluding hydrogens is 166 g/mol. The minimum absolute atomic E-state index is 0.113. The number of rotatable bonds is 3. The van der Waals surface area contributed by atoms with Crippen LogP contribution in [0, 0.1) is 6.92 Å². The van der Waals surface area contributed by atoms with E-state index in [0.29, 0.717) is 0 Å². The molecule has 70 valence electrons. The van der Waals surface area contributed by atoms with Gasteiger partial charge in [-0.3, -0.25) is 4.79 Å². The van der Waals surface area contributed by atoms with Gasteiger partial charge in [-0.25, -0.2) is 0 Å². The van der Waals surface area contributed by atoms with Crippen molar-refractivity contribution in [2.45, 2.75) is 13.3 Å². The molecule has 1 aromatic carbocycles. The number of hydrogen-bond acceptors (Lipinski definition) is 2. The van der Waals surface area contributed by atoms with Crippen LogP contribution in [0.4, 0.5) is 5.69 Å². The highest BCUT2D eigenvalue weighted by Gasteiger charge is 1.99. The molecule has 0 unspecified atom stereocenters. The second kappa shape index (κ2) is 4.62. The highest BCUT2D eigenvalue weighted by molar-refractivity contribution is 5.90. The Bertz CT molecular complexity index is 297. The molecule has 0 fully saturated rings. The fourth-order valence-electron chi connectivity index (χ4n) is 1.05. The third-order valence-electron chi connectivity index (χ3n) is 1.64. The second-order valence-electron chi connectivity index (χ2n) is 2.89. The summed E-state index contributed by atoms with van der Waals surface area (Å²) >= 11 is 0. The van der Waals surface area contributed by atoms with Gasteiger partial charge >= 0.3 is 0 Å². The average molecular weight is 179 g/mol. The number of aliphatic hydroxyl groups excluding tert-OH is 1. The van der Waals surface area contributed by atoms with Gasteiger partial charge in [-0.1, -0.05) is 12.1 Å².